The maximum Gasteiger partial charge on any atom is 0.507 e. The molecule has 0 saturated carbocycles. The number of halogens is 6. The highest BCUT2D eigenvalue weighted by molar-refractivity contribution is 7.46. The van der Waals surface area contributed by atoms with Crippen LogP contribution in [0.3, 0.4) is 0 Å². The first-order valence-corrected chi connectivity index (χ1v) is 16.5. The zero-order valence-corrected chi connectivity index (χ0v) is 24.2. The third kappa shape index (κ3) is 211. The van der Waals surface area contributed by atoms with Crippen LogP contribution in [-0.2, 0) is 27.4 Å². The van der Waals surface area contributed by atoms with Crippen LogP contribution in [0.15, 0.2) is 18.2 Å². The van der Waals surface area contributed by atoms with Gasteiger partial charge >= 0.3 is 53.1 Å². The average Bonchev–Trinajstić information content (AvgIpc) is 2.52. The Kier molecular flexibility index (Phi) is 29.6. The lowest BCUT2D eigenvalue weighted by atomic mass is 10.2. The van der Waals surface area contributed by atoms with E-state index in [2.05, 4.69) is 4.98 Å². The van der Waals surface area contributed by atoms with Crippen molar-refractivity contribution < 1.29 is 116 Å². The molecule has 41 heavy (non-hydrogen) atoms. The highest BCUT2D eigenvalue weighted by atomic mass is 31.2. The SMILES string of the molecule is COc1cc(N)ccc1[N+]#N.O=P(O)(O)F.O=P(O)(O)F.O=P(O)(O)F.O=P(O)(O)F.O=P(O)(O)F.O=P([O-])(O)F. The van der Waals surface area contributed by atoms with Gasteiger partial charge in [-0.15, -0.1) is 21.0 Å². The Hall–Kier alpha value is -1.28. The molecule has 0 aromatic heterocycles. The highest BCUT2D eigenvalue weighted by Crippen LogP contribution is 2.36. The molecule has 1 rings (SSSR count). The van der Waals surface area contributed by atoms with E-state index in [9.17, 15) is 25.2 Å². The Bertz CT molecular complexity index is 976. The second-order valence-electron chi connectivity index (χ2n) is 4.85. The van der Waals surface area contributed by atoms with Crippen molar-refractivity contribution in [1.82, 2.24) is 0 Å². The Morgan fingerprint density at radius 2 is 0.878 bits per heavy atom. The van der Waals surface area contributed by atoms with Crippen LogP contribution in [0.2, 0.25) is 0 Å². The van der Waals surface area contributed by atoms with Gasteiger partial charge in [-0.3, -0.25) is 53.5 Å². The second-order valence-corrected chi connectivity index (χ2v) is 10.5. The van der Waals surface area contributed by atoms with Gasteiger partial charge in [-0.1, -0.05) is 0 Å². The molecule has 0 aliphatic carbocycles. The molecule has 22 nitrogen and oxygen atoms in total. The topological polar surface area (TPSA) is 411 Å². The van der Waals surface area contributed by atoms with E-state index in [0.29, 0.717) is 17.1 Å². The number of diazo groups is 1. The van der Waals surface area contributed by atoms with Gasteiger partial charge in [0.05, 0.1) is 7.11 Å². The standard InChI is InChI=1S/C7H8N3O.6FH2O3P/c1-11-7-4-5(8)2-3-6(7)10-9;6*1-5(2,3)4/h2-4H,8H2,1H3;6*(H2,2,3,4)/q+1;;;;;;/p-1. The molecule has 1 atom stereocenters. The number of methoxy groups -OCH3 is 1. The largest absolute Gasteiger partial charge is 0.753 e. The third-order valence-corrected chi connectivity index (χ3v) is 1.31. The predicted octanol–water partition coefficient (Wildman–Crippen LogP) is 1.42. The average molecular weight is 749 g/mol. The van der Waals surface area contributed by atoms with Crippen molar-refractivity contribution in [2.75, 3.05) is 12.8 Å². The first kappa shape index (κ1) is 52.4. The van der Waals surface area contributed by atoms with Crippen molar-refractivity contribution in [3.05, 3.63) is 23.2 Å². The fourth-order valence-corrected chi connectivity index (χ4v) is 0.777. The zero-order valence-electron chi connectivity index (χ0n) is 18.8. The molecular weight excluding hydrogens is 730 g/mol. The smallest absolute Gasteiger partial charge is 0.507 e. The molecule has 0 saturated heterocycles. The molecule has 0 fully saturated rings. The summed E-state index contributed by atoms with van der Waals surface area (Å²) >= 11 is 0. The molecule has 0 bridgehead atoms. The number of ether oxygens (including phenoxy) is 1. The summed E-state index contributed by atoms with van der Waals surface area (Å²) < 4.78 is 119. The summed E-state index contributed by atoms with van der Waals surface area (Å²) in [4.78, 5) is 88.1. The molecule has 0 heterocycles. The summed E-state index contributed by atoms with van der Waals surface area (Å²) in [5.74, 6) is 0.465. The van der Waals surface area contributed by atoms with Crippen molar-refractivity contribution in [1.29, 1.82) is 5.39 Å². The lowest BCUT2D eigenvalue weighted by Gasteiger charge is -1.97. The Morgan fingerprint density at radius 3 is 1.02 bits per heavy atom. The molecule has 1 unspecified atom stereocenters. The Morgan fingerprint density at radius 1 is 0.683 bits per heavy atom. The van der Waals surface area contributed by atoms with Crippen LogP contribution < -0.4 is 15.4 Å². The van der Waals surface area contributed by atoms with Crippen LogP contribution in [0.1, 0.15) is 0 Å². The van der Waals surface area contributed by atoms with Gasteiger partial charge in [0.15, 0.2) is 4.98 Å². The quantitative estimate of drug-likeness (QED) is 0.0835. The third-order valence-electron chi connectivity index (χ3n) is 1.31. The Balaban J connectivity index is -0.0000000904. The molecule has 1 aromatic carbocycles. The van der Waals surface area contributed by atoms with Gasteiger partial charge < -0.3 is 20.3 Å². The molecule has 0 amide bonds. The van der Waals surface area contributed by atoms with Crippen molar-refractivity contribution >= 4 is 58.8 Å². The minimum atomic E-state index is -5.39. The molecule has 248 valence electrons. The fourth-order valence-electron chi connectivity index (χ4n) is 0.777. The minimum absolute atomic E-state index is 0.377. The number of rotatable bonds is 1. The zero-order chi connectivity index (χ0) is 35.3. The van der Waals surface area contributed by atoms with E-state index in [1.165, 1.54) is 7.11 Å². The van der Waals surface area contributed by atoms with Gasteiger partial charge in [-0.25, -0.2) is 22.8 Å². The van der Waals surface area contributed by atoms with Gasteiger partial charge in [0.1, 0.15) is 0 Å². The van der Waals surface area contributed by atoms with E-state index >= 15 is 0 Å². The molecule has 34 heteroatoms. The number of hydrogen-bond donors (Lipinski definition) is 12. The van der Waals surface area contributed by atoms with Crippen molar-refractivity contribution in [3.8, 4) is 5.75 Å². The van der Waals surface area contributed by atoms with Crippen LogP contribution in [0.25, 0.3) is 4.98 Å². The van der Waals surface area contributed by atoms with E-state index < -0.39 is 47.4 Å². The number of hydrogen-bond acceptors (Lipinski definition) is 10. The predicted molar refractivity (Wildman–Crippen MR) is 119 cm³/mol. The van der Waals surface area contributed by atoms with Crippen molar-refractivity contribution in [3.63, 3.8) is 0 Å². The lowest BCUT2D eigenvalue weighted by Crippen LogP contribution is -1.89. The number of nitrogens with two attached hydrogens (primary N) is 1. The van der Waals surface area contributed by atoms with E-state index in [1.54, 1.807) is 18.2 Å². The molecule has 0 radical (unpaired) electrons. The number of nitrogen functional groups attached to an aromatic ring is 1. The van der Waals surface area contributed by atoms with Crippen LogP contribution >= 0.6 is 47.4 Å². The summed E-state index contributed by atoms with van der Waals surface area (Å²) in [5, 5.41) is 8.44. The van der Waals surface area contributed by atoms with Gasteiger partial charge in [0.25, 0.3) is 0 Å². The summed E-state index contributed by atoms with van der Waals surface area (Å²) in [6.07, 6.45) is 0. The minimum Gasteiger partial charge on any atom is -0.753 e. The molecule has 0 aliphatic heterocycles. The maximum absolute atomic E-state index is 10.4. The maximum atomic E-state index is 10.4. The normalized spacial score (nSPS) is 12.1. The first-order valence-electron chi connectivity index (χ1n) is 7.55. The summed E-state index contributed by atoms with van der Waals surface area (Å²) in [6.45, 7) is 0. The van der Waals surface area contributed by atoms with E-state index in [1.807, 2.05) is 0 Å². The van der Waals surface area contributed by atoms with Gasteiger partial charge in [-0.2, -0.15) is 4.20 Å². The monoisotopic (exact) mass is 749 g/mol. The van der Waals surface area contributed by atoms with E-state index in [0.717, 1.165) is 0 Å². The van der Waals surface area contributed by atoms with E-state index in [-0.39, 0.29) is 0 Å². The molecule has 0 spiro atoms. The van der Waals surface area contributed by atoms with Gasteiger partial charge in [-0.05, 0) is 6.07 Å². The first-order chi connectivity index (χ1) is 17.3. The summed E-state index contributed by atoms with van der Waals surface area (Å²) in [7, 11) is -29.6. The lowest BCUT2D eigenvalue weighted by molar-refractivity contribution is -0.206. The summed E-state index contributed by atoms with van der Waals surface area (Å²) in [6, 6.07) is 4.81. The van der Waals surface area contributed by atoms with Crippen molar-refractivity contribution in [2.24, 2.45) is 0 Å². The van der Waals surface area contributed by atoms with Gasteiger partial charge in [0.2, 0.25) is 11.1 Å². The highest BCUT2D eigenvalue weighted by Gasteiger charge is 2.13. The van der Waals surface area contributed by atoms with Crippen LogP contribution in [0.5, 0.6) is 5.75 Å². The number of benzene rings is 1. The van der Waals surface area contributed by atoms with Crippen LogP contribution in [0, 0.1) is 5.39 Å². The van der Waals surface area contributed by atoms with Crippen LogP contribution in [0.4, 0.5) is 36.6 Å². The fraction of sp³-hybridized carbons (Fsp3) is 0.143. The summed E-state index contributed by atoms with van der Waals surface area (Å²) in [5.41, 5.74) is 6.41. The molecule has 0 aliphatic rings. The Labute approximate surface area is 222 Å². The van der Waals surface area contributed by atoms with Gasteiger partial charge in [0, 0.05) is 17.8 Å². The van der Waals surface area contributed by atoms with Crippen molar-refractivity contribution in [2.45, 2.75) is 0 Å². The molecule has 13 N–H and O–H groups in total. The second kappa shape index (κ2) is 23.2. The number of anilines is 1. The van der Waals surface area contributed by atoms with Crippen LogP contribution in [-0.4, -0.2) is 60.9 Å². The van der Waals surface area contributed by atoms with E-state index in [4.69, 9.17) is 102 Å². The molecular formula is C7H19F6N3O19P6. The molecule has 1 aromatic rings. The number of nitrogens with zero attached hydrogens (tertiary/aromatic N) is 2.